The molecule has 0 radical (unpaired) electrons. The lowest BCUT2D eigenvalue weighted by atomic mass is 10.0. The molecule has 2 rings (SSSR count). The van der Waals surface area contributed by atoms with Crippen LogP contribution in [0.4, 0.5) is 5.69 Å². The smallest absolute Gasteiger partial charge is 0.0596 e. The summed E-state index contributed by atoms with van der Waals surface area (Å²) >= 11 is 3.71. The molecule has 1 aliphatic heterocycles. The van der Waals surface area contributed by atoms with E-state index in [-0.39, 0.29) is 0 Å². The highest BCUT2D eigenvalue weighted by Gasteiger charge is 2.21. The van der Waals surface area contributed by atoms with Gasteiger partial charge in [0.1, 0.15) is 0 Å². The molecule has 0 bridgehead atoms. The quantitative estimate of drug-likeness (QED) is 0.859. The van der Waals surface area contributed by atoms with Gasteiger partial charge < -0.3 is 10.2 Å². The average Bonchev–Trinajstić information content (AvgIpc) is 2.38. The normalized spacial score (nSPS) is 20.2. The molecule has 1 saturated heterocycles. The zero-order valence-electron chi connectivity index (χ0n) is 11.1. The Kier molecular flexibility index (Phi) is 4.46. The van der Waals surface area contributed by atoms with Crippen LogP contribution in [-0.2, 0) is 0 Å². The Morgan fingerprint density at radius 2 is 2.28 bits per heavy atom. The molecule has 1 atom stereocenters. The lowest BCUT2D eigenvalue weighted by Gasteiger charge is -2.37. The summed E-state index contributed by atoms with van der Waals surface area (Å²) in [6.45, 7) is 11.4. The Labute approximate surface area is 118 Å². The predicted octanol–water partition coefficient (Wildman–Crippen LogP) is 3.54. The molecule has 0 spiro atoms. The fraction of sp³-hybridized carbons (Fsp3) is 0.467. The maximum Gasteiger partial charge on any atom is 0.0596 e. The third kappa shape index (κ3) is 2.78. The Bertz CT molecular complexity index is 429. The minimum atomic E-state index is 0.375. The molecular weight excluding hydrogens is 288 g/mol. The van der Waals surface area contributed by atoms with Crippen LogP contribution in [-0.4, -0.2) is 25.7 Å². The van der Waals surface area contributed by atoms with E-state index < -0.39 is 0 Å². The molecule has 18 heavy (non-hydrogen) atoms. The van der Waals surface area contributed by atoms with Crippen LogP contribution in [0.25, 0.3) is 0 Å². The molecule has 1 aliphatic rings. The Morgan fingerprint density at radius 3 is 2.89 bits per heavy atom. The number of hydrogen-bond acceptors (Lipinski definition) is 2. The van der Waals surface area contributed by atoms with E-state index in [1.807, 2.05) is 6.08 Å². The number of benzene rings is 1. The molecule has 0 aliphatic carbocycles. The third-order valence-electron chi connectivity index (χ3n) is 3.50. The lowest BCUT2D eigenvalue weighted by molar-refractivity contribution is 0.529. The second-order valence-electron chi connectivity index (χ2n) is 5.07. The predicted molar refractivity (Wildman–Crippen MR) is 82.4 cm³/mol. The molecule has 1 heterocycles. The Morgan fingerprint density at radius 1 is 1.50 bits per heavy atom. The number of nitrogens with zero attached hydrogens (tertiary/aromatic N) is 1. The fourth-order valence-electron chi connectivity index (χ4n) is 2.35. The van der Waals surface area contributed by atoms with Gasteiger partial charge >= 0.3 is 0 Å². The molecule has 0 saturated carbocycles. The summed E-state index contributed by atoms with van der Waals surface area (Å²) in [5.74, 6) is 0.563. The summed E-state index contributed by atoms with van der Waals surface area (Å²) in [6.07, 6.45) is 2.02. The largest absolute Gasteiger partial charge is 0.362 e. The van der Waals surface area contributed by atoms with Crippen molar-refractivity contribution in [2.24, 2.45) is 0 Å². The van der Waals surface area contributed by atoms with Crippen LogP contribution in [0, 0.1) is 0 Å². The van der Waals surface area contributed by atoms with Crippen LogP contribution in [0.5, 0.6) is 0 Å². The van der Waals surface area contributed by atoms with Crippen molar-refractivity contribution >= 4 is 21.6 Å². The standard InChI is InChI=1S/C15H21BrN2/c1-4-13-10-17-7-8-18(13)15-6-5-12(11(2)3)9-14(15)16/h4-6,9,11,13,17H,1,7-8,10H2,2-3H3/t13-/m1/s1. The fourth-order valence-corrected chi connectivity index (χ4v) is 2.97. The van der Waals surface area contributed by atoms with Gasteiger partial charge in [0.2, 0.25) is 0 Å². The van der Waals surface area contributed by atoms with Gasteiger partial charge in [-0.2, -0.15) is 0 Å². The van der Waals surface area contributed by atoms with Crippen LogP contribution < -0.4 is 10.2 Å². The van der Waals surface area contributed by atoms with Crippen molar-refractivity contribution in [1.82, 2.24) is 5.32 Å². The monoisotopic (exact) mass is 308 g/mol. The van der Waals surface area contributed by atoms with Crippen molar-refractivity contribution in [3.05, 3.63) is 40.9 Å². The van der Waals surface area contributed by atoms with Crippen molar-refractivity contribution in [3.63, 3.8) is 0 Å². The summed E-state index contributed by atoms with van der Waals surface area (Å²) < 4.78 is 1.18. The van der Waals surface area contributed by atoms with Crippen LogP contribution in [0.2, 0.25) is 0 Å². The van der Waals surface area contributed by atoms with E-state index in [0.29, 0.717) is 12.0 Å². The first-order valence-corrected chi connectivity index (χ1v) is 7.32. The van der Waals surface area contributed by atoms with Gasteiger partial charge in [0.25, 0.3) is 0 Å². The SMILES string of the molecule is C=C[C@@H]1CNCCN1c1ccc(C(C)C)cc1Br. The van der Waals surface area contributed by atoms with Gasteiger partial charge in [-0.05, 0) is 39.5 Å². The van der Waals surface area contributed by atoms with Gasteiger partial charge in [-0.15, -0.1) is 6.58 Å². The molecule has 3 heteroatoms. The molecule has 1 fully saturated rings. The average molecular weight is 309 g/mol. The maximum absolute atomic E-state index is 3.94. The number of piperazine rings is 1. The van der Waals surface area contributed by atoms with Gasteiger partial charge in [-0.1, -0.05) is 26.0 Å². The van der Waals surface area contributed by atoms with Crippen molar-refractivity contribution in [1.29, 1.82) is 0 Å². The zero-order chi connectivity index (χ0) is 13.1. The van der Waals surface area contributed by atoms with E-state index in [2.05, 4.69) is 64.8 Å². The topological polar surface area (TPSA) is 15.3 Å². The van der Waals surface area contributed by atoms with Crippen molar-refractivity contribution < 1.29 is 0 Å². The second-order valence-corrected chi connectivity index (χ2v) is 5.92. The molecule has 98 valence electrons. The number of hydrogen-bond donors (Lipinski definition) is 1. The van der Waals surface area contributed by atoms with Crippen molar-refractivity contribution in [2.75, 3.05) is 24.5 Å². The number of nitrogens with one attached hydrogen (secondary N) is 1. The summed E-state index contributed by atoms with van der Waals surface area (Å²) in [5.41, 5.74) is 2.64. The number of halogens is 1. The van der Waals surface area contributed by atoms with Crippen LogP contribution in [0.15, 0.2) is 35.3 Å². The van der Waals surface area contributed by atoms with Crippen LogP contribution in [0.1, 0.15) is 25.3 Å². The Balaban J connectivity index is 2.29. The minimum Gasteiger partial charge on any atom is -0.362 e. The minimum absolute atomic E-state index is 0.375. The summed E-state index contributed by atoms with van der Waals surface area (Å²) in [5, 5.41) is 3.41. The van der Waals surface area contributed by atoms with Crippen LogP contribution in [0.3, 0.4) is 0 Å². The van der Waals surface area contributed by atoms with Gasteiger partial charge in [0, 0.05) is 24.1 Å². The van der Waals surface area contributed by atoms with E-state index in [1.165, 1.54) is 15.7 Å². The summed E-state index contributed by atoms with van der Waals surface area (Å²) in [6, 6.07) is 7.07. The first kappa shape index (κ1) is 13.6. The second kappa shape index (κ2) is 5.89. The first-order chi connectivity index (χ1) is 8.63. The molecular formula is C15H21BrN2. The number of rotatable bonds is 3. The van der Waals surface area contributed by atoms with E-state index in [9.17, 15) is 0 Å². The molecule has 1 aromatic carbocycles. The zero-order valence-corrected chi connectivity index (χ0v) is 12.7. The lowest BCUT2D eigenvalue weighted by Crippen LogP contribution is -2.50. The highest BCUT2D eigenvalue weighted by atomic mass is 79.9. The van der Waals surface area contributed by atoms with Gasteiger partial charge in [-0.25, -0.2) is 0 Å². The van der Waals surface area contributed by atoms with Gasteiger partial charge in [-0.3, -0.25) is 0 Å². The molecule has 1 N–H and O–H groups in total. The number of anilines is 1. The first-order valence-electron chi connectivity index (χ1n) is 6.53. The van der Waals surface area contributed by atoms with E-state index in [4.69, 9.17) is 0 Å². The van der Waals surface area contributed by atoms with E-state index >= 15 is 0 Å². The molecule has 0 amide bonds. The summed E-state index contributed by atoms with van der Waals surface area (Å²) in [4.78, 5) is 2.41. The molecule has 0 aromatic heterocycles. The van der Waals surface area contributed by atoms with Crippen LogP contribution >= 0.6 is 15.9 Å². The highest BCUT2D eigenvalue weighted by molar-refractivity contribution is 9.10. The van der Waals surface area contributed by atoms with Crippen molar-refractivity contribution in [2.45, 2.75) is 25.8 Å². The van der Waals surface area contributed by atoms with Gasteiger partial charge in [0.05, 0.1) is 11.7 Å². The molecule has 2 nitrogen and oxygen atoms in total. The highest BCUT2D eigenvalue weighted by Crippen LogP contribution is 2.31. The Hall–Kier alpha value is -0.800. The molecule has 1 aromatic rings. The third-order valence-corrected chi connectivity index (χ3v) is 4.14. The van der Waals surface area contributed by atoms with E-state index in [1.54, 1.807) is 0 Å². The van der Waals surface area contributed by atoms with Crippen molar-refractivity contribution in [3.8, 4) is 0 Å². The summed E-state index contributed by atoms with van der Waals surface area (Å²) in [7, 11) is 0. The maximum atomic E-state index is 3.94. The molecule has 0 unspecified atom stereocenters. The van der Waals surface area contributed by atoms with E-state index in [0.717, 1.165) is 19.6 Å². The van der Waals surface area contributed by atoms with Gasteiger partial charge in [0.15, 0.2) is 0 Å².